The number of aliphatic hydroxyl groups is 1. The summed E-state index contributed by atoms with van der Waals surface area (Å²) in [6, 6.07) is 14.0. The van der Waals surface area contributed by atoms with Crippen LogP contribution in [0.2, 0.25) is 0 Å². The first-order chi connectivity index (χ1) is 11.1. The summed E-state index contributed by atoms with van der Waals surface area (Å²) in [5, 5.41) is 10.2. The fourth-order valence-electron chi connectivity index (χ4n) is 2.44. The van der Waals surface area contributed by atoms with Crippen molar-refractivity contribution < 1.29 is 19.0 Å². The van der Waals surface area contributed by atoms with Gasteiger partial charge < -0.3 is 9.84 Å². The van der Waals surface area contributed by atoms with E-state index in [1.807, 2.05) is 24.3 Å². The van der Waals surface area contributed by atoms with Crippen LogP contribution >= 0.6 is 0 Å². The first-order valence-electron chi connectivity index (χ1n) is 7.67. The van der Waals surface area contributed by atoms with Gasteiger partial charge in [0.05, 0.1) is 13.2 Å². The number of aryl methyl sites for hydroxylation is 1. The van der Waals surface area contributed by atoms with E-state index in [2.05, 4.69) is 4.74 Å². The Hall–Kier alpha value is -2.20. The summed E-state index contributed by atoms with van der Waals surface area (Å²) in [7, 11) is 1.38. The first-order valence-corrected chi connectivity index (χ1v) is 7.67. The Morgan fingerprint density at radius 2 is 1.87 bits per heavy atom. The highest BCUT2D eigenvalue weighted by Gasteiger charge is 2.11. The molecule has 0 aliphatic heterocycles. The highest BCUT2D eigenvalue weighted by atomic mass is 19.1. The number of ether oxygens (including phenoxy) is 1. The normalized spacial score (nSPS) is 12.0. The molecule has 1 N–H and O–H groups in total. The number of aliphatic hydroxyl groups excluding tert-OH is 1. The van der Waals surface area contributed by atoms with Crippen LogP contribution in [0.5, 0.6) is 0 Å². The molecule has 23 heavy (non-hydrogen) atoms. The standard InChI is InChI=1S/C19H21FO3/c1-23-19(22)8-4-5-14-9-11-15(12-10-14)18(21)13-16-6-2-3-7-17(16)20/h2-3,6-7,9-12,18,21H,4-5,8,13H2,1H3. The van der Waals surface area contributed by atoms with Gasteiger partial charge in [0.2, 0.25) is 0 Å². The number of benzene rings is 2. The molecule has 0 radical (unpaired) electrons. The lowest BCUT2D eigenvalue weighted by molar-refractivity contribution is -0.140. The highest BCUT2D eigenvalue weighted by molar-refractivity contribution is 5.69. The minimum absolute atomic E-state index is 0.207. The van der Waals surface area contributed by atoms with E-state index in [9.17, 15) is 14.3 Å². The van der Waals surface area contributed by atoms with Crippen molar-refractivity contribution in [1.82, 2.24) is 0 Å². The van der Waals surface area contributed by atoms with Gasteiger partial charge in [-0.2, -0.15) is 0 Å². The third-order valence-electron chi connectivity index (χ3n) is 3.81. The van der Waals surface area contributed by atoms with Crippen LogP contribution in [0, 0.1) is 5.82 Å². The summed E-state index contributed by atoms with van der Waals surface area (Å²) in [6.45, 7) is 0. The van der Waals surface area contributed by atoms with Gasteiger partial charge in [0.1, 0.15) is 5.82 Å². The molecular weight excluding hydrogens is 295 g/mol. The van der Waals surface area contributed by atoms with Gasteiger partial charge >= 0.3 is 5.97 Å². The van der Waals surface area contributed by atoms with E-state index in [1.54, 1.807) is 18.2 Å². The summed E-state index contributed by atoms with van der Waals surface area (Å²) in [5.41, 5.74) is 2.35. The van der Waals surface area contributed by atoms with E-state index in [-0.39, 0.29) is 18.2 Å². The number of carbonyl (C=O) groups is 1. The van der Waals surface area contributed by atoms with Gasteiger partial charge in [-0.15, -0.1) is 0 Å². The van der Waals surface area contributed by atoms with E-state index in [0.29, 0.717) is 12.0 Å². The largest absolute Gasteiger partial charge is 0.469 e. The molecule has 0 saturated heterocycles. The summed E-state index contributed by atoms with van der Waals surface area (Å²) in [5.74, 6) is -0.507. The van der Waals surface area contributed by atoms with Crippen molar-refractivity contribution in [2.75, 3.05) is 7.11 Å². The molecule has 2 aromatic rings. The van der Waals surface area contributed by atoms with Crippen molar-refractivity contribution in [2.45, 2.75) is 31.8 Å². The molecule has 0 fully saturated rings. The molecule has 0 aromatic heterocycles. The molecule has 0 aliphatic rings. The van der Waals surface area contributed by atoms with Crippen LogP contribution in [0.1, 0.15) is 35.6 Å². The summed E-state index contributed by atoms with van der Waals surface area (Å²) in [4.78, 5) is 11.1. The lowest BCUT2D eigenvalue weighted by Crippen LogP contribution is -2.04. The minimum Gasteiger partial charge on any atom is -0.469 e. The van der Waals surface area contributed by atoms with Gasteiger partial charge in [-0.05, 0) is 35.6 Å². The molecule has 0 heterocycles. The Balaban J connectivity index is 1.91. The fraction of sp³-hybridized carbons (Fsp3) is 0.316. The van der Waals surface area contributed by atoms with Gasteiger partial charge in [-0.25, -0.2) is 4.39 Å². The molecule has 2 aromatic carbocycles. The van der Waals surface area contributed by atoms with Crippen LogP contribution in [-0.4, -0.2) is 18.2 Å². The van der Waals surface area contributed by atoms with Gasteiger partial charge in [0.25, 0.3) is 0 Å². The summed E-state index contributed by atoms with van der Waals surface area (Å²) < 4.78 is 18.2. The Morgan fingerprint density at radius 3 is 2.52 bits per heavy atom. The van der Waals surface area contributed by atoms with Crippen LogP contribution in [0.4, 0.5) is 4.39 Å². The van der Waals surface area contributed by atoms with Crippen molar-refractivity contribution in [2.24, 2.45) is 0 Å². The van der Waals surface area contributed by atoms with Crippen LogP contribution in [0.25, 0.3) is 0 Å². The van der Waals surface area contributed by atoms with Crippen LogP contribution in [-0.2, 0) is 22.4 Å². The van der Waals surface area contributed by atoms with Crippen molar-refractivity contribution in [3.63, 3.8) is 0 Å². The topological polar surface area (TPSA) is 46.5 Å². The second-order valence-corrected chi connectivity index (χ2v) is 5.48. The van der Waals surface area contributed by atoms with Crippen LogP contribution in [0.3, 0.4) is 0 Å². The fourth-order valence-corrected chi connectivity index (χ4v) is 2.44. The van der Waals surface area contributed by atoms with E-state index in [0.717, 1.165) is 24.0 Å². The molecule has 0 spiro atoms. The van der Waals surface area contributed by atoms with Crippen molar-refractivity contribution in [3.05, 3.63) is 71.0 Å². The van der Waals surface area contributed by atoms with Gasteiger partial charge in [-0.3, -0.25) is 4.79 Å². The number of rotatable bonds is 7. The van der Waals surface area contributed by atoms with E-state index < -0.39 is 6.10 Å². The second-order valence-electron chi connectivity index (χ2n) is 5.48. The molecular formula is C19H21FO3. The molecule has 0 saturated carbocycles. The number of carbonyl (C=O) groups excluding carboxylic acids is 1. The zero-order valence-electron chi connectivity index (χ0n) is 13.2. The smallest absolute Gasteiger partial charge is 0.305 e. The predicted octanol–water partition coefficient (Wildman–Crippen LogP) is 3.60. The maximum absolute atomic E-state index is 13.6. The lowest BCUT2D eigenvalue weighted by Gasteiger charge is -2.12. The highest BCUT2D eigenvalue weighted by Crippen LogP contribution is 2.21. The monoisotopic (exact) mass is 316 g/mol. The molecule has 1 atom stereocenters. The molecule has 0 aliphatic carbocycles. The summed E-state index contributed by atoms with van der Waals surface area (Å²) >= 11 is 0. The molecule has 3 nitrogen and oxygen atoms in total. The zero-order valence-corrected chi connectivity index (χ0v) is 13.2. The number of methoxy groups -OCH3 is 1. The zero-order chi connectivity index (χ0) is 16.7. The number of hydrogen-bond donors (Lipinski definition) is 1. The van der Waals surface area contributed by atoms with Crippen LogP contribution in [0.15, 0.2) is 48.5 Å². The van der Waals surface area contributed by atoms with E-state index in [1.165, 1.54) is 13.2 Å². The lowest BCUT2D eigenvalue weighted by atomic mass is 9.99. The molecule has 2 rings (SSSR count). The van der Waals surface area contributed by atoms with E-state index in [4.69, 9.17) is 0 Å². The number of hydrogen-bond acceptors (Lipinski definition) is 3. The first kappa shape index (κ1) is 17.2. The van der Waals surface area contributed by atoms with Crippen LogP contribution < -0.4 is 0 Å². The number of esters is 1. The maximum Gasteiger partial charge on any atom is 0.305 e. The molecule has 4 heteroatoms. The Labute approximate surface area is 135 Å². The third-order valence-corrected chi connectivity index (χ3v) is 3.81. The third kappa shape index (κ3) is 5.18. The maximum atomic E-state index is 13.6. The molecule has 1 unspecified atom stereocenters. The van der Waals surface area contributed by atoms with Gasteiger partial charge in [0, 0.05) is 12.8 Å². The van der Waals surface area contributed by atoms with Crippen molar-refractivity contribution in [3.8, 4) is 0 Å². The number of halogens is 1. The van der Waals surface area contributed by atoms with Gasteiger partial charge in [-0.1, -0.05) is 42.5 Å². The van der Waals surface area contributed by atoms with Crippen molar-refractivity contribution in [1.29, 1.82) is 0 Å². The molecule has 0 bridgehead atoms. The predicted molar refractivity (Wildman–Crippen MR) is 86.5 cm³/mol. The van der Waals surface area contributed by atoms with Crippen molar-refractivity contribution >= 4 is 5.97 Å². The Bertz CT molecular complexity index is 637. The van der Waals surface area contributed by atoms with Gasteiger partial charge in [0.15, 0.2) is 0 Å². The quantitative estimate of drug-likeness (QED) is 0.794. The Morgan fingerprint density at radius 1 is 1.17 bits per heavy atom. The minimum atomic E-state index is -0.740. The molecule has 0 amide bonds. The molecule has 122 valence electrons. The van der Waals surface area contributed by atoms with E-state index >= 15 is 0 Å². The average Bonchev–Trinajstić information content (AvgIpc) is 2.57. The summed E-state index contributed by atoms with van der Waals surface area (Å²) in [6.07, 6.45) is 1.40. The second kappa shape index (κ2) is 8.44. The average molecular weight is 316 g/mol. The SMILES string of the molecule is COC(=O)CCCc1ccc(C(O)Cc2ccccc2F)cc1. The Kier molecular flexibility index (Phi) is 6.29.